The van der Waals surface area contributed by atoms with Crippen molar-refractivity contribution in [3.8, 4) is 0 Å². The molecule has 0 rings (SSSR count). The Bertz CT molecular complexity index is 202. The Hall–Kier alpha value is 1.96. The van der Waals surface area contributed by atoms with Crippen LogP contribution in [0.5, 0.6) is 0 Å². The molecule has 0 unspecified atom stereocenters. The minimum absolute atomic E-state index is 0. The molecular formula is C5H11NaO3S4. The van der Waals surface area contributed by atoms with E-state index in [4.69, 9.17) is 0 Å². The second kappa shape index (κ2) is 9.21. The van der Waals surface area contributed by atoms with Crippen LogP contribution in [-0.4, -0.2) is 41.2 Å². The molecule has 13 heavy (non-hydrogen) atoms. The Labute approximate surface area is 117 Å². The number of hydrogen-bond donors (Lipinski definition) is 2. The van der Waals surface area contributed by atoms with Crippen LogP contribution in [0.4, 0.5) is 0 Å². The van der Waals surface area contributed by atoms with E-state index < -0.39 is 10.1 Å². The van der Waals surface area contributed by atoms with Gasteiger partial charge in [-0.3, -0.25) is 0 Å². The molecule has 0 aliphatic carbocycles. The van der Waals surface area contributed by atoms with Gasteiger partial charge in [-0.05, 0) is 0 Å². The molecule has 0 aromatic carbocycles. The van der Waals surface area contributed by atoms with Crippen molar-refractivity contribution >= 4 is 47.1 Å². The van der Waals surface area contributed by atoms with Crippen molar-refractivity contribution < 1.29 is 42.5 Å². The number of thiol groups is 2. The van der Waals surface area contributed by atoms with Crippen LogP contribution in [-0.2, 0) is 10.1 Å². The summed E-state index contributed by atoms with van der Waals surface area (Å²) in [6.07, 6.45) is 0. The summed E-state index contributed by atoms with van der Waals surface area (Å²) in [5, 5.41) is 0.221. The average Bonchev–Trinajstić information content (AvgIpc) is 1.96. The summed E-state index contributed by atoms with van der Waals surface area (Å²) in [4.78, 5) is 0. The largest absolute Gasteiger partial charge is 1.00 e. The van der Waals surface area contributed by atoms with Gasteiger partial charge in [-0.2, -0.15) is 37.0 Å². The van der Waals surface area contributed by atoms with Gasteiger partial charge in [0.15, 0.2) is 0 Å². The summed E-state index contributed by atoms with van der Waals surface area (Å²) in [7, 11) is -4.06. The summed E-state index contributed by atoms with van der Waals surface area (Å²) in [5.41, 5.74) is 0. The van der Waals surface area contributed by atoms with Crippen LogP contribution in [0.2, 0.25) is 0 Å². The van der Waals surface area contributed by atoms with Gasteiger partial charge in [0.25, 0.3) is 0 Å². The average molecular weight is 270 g/mol. The van der Waals surface area contributed by atoms with Crippen LogP contribution < -0.4 is 29.6 Å². The van der Waals surface area contributed by atoms with E-state index in [1.165, 1.54) is 11.8 Å². The summed E-state index contributed by atoms with van der Waals surface area (Å²) < 4.78 is 30.5. The van der Waals surface area contributed by atoms with Crippen LogP contribution in [0.15, 0.2) is 0 Å². The van der Waals surface area contributed by atoms with Crippen LogP contribution in [0.3, 0.4) is 0 Å². The van der Waals surface area contributed by atoms with Crippen molar-refractivity contribution in [3.63, 3.8) is 0 Å². The van der Waals surface area contributed by atoms with Crippen molar-refractivity contribution in [1.82, 2.24) is 0 Å². The monoisotopic (exact) mass is 270 g/mol. The van der Waals surface area contributed by atoms with E-state index >= 15 is 0 Å². The zero-order valence-electron chi connectivity index (χ0n) is 7.34. The summed E-state index contributed by atoms with van der Waals surface area (Å²) in [6.45, 7) is 0. The van der Waals surface area contributed by atoms with E-state index in [-0.39, 0.29) is 40.6 Å². The minimum atomic E-state index is -4.06. The van der Waals surface area contributed by atoms with Crippen molar-refractivity contribution in [1.29, 1.82) is 0 Å². The number of hydrogen-bond acceptors (Lipinski definition) is 6. The van der Waals surface area contributed by atoms with Gasteiger partial charge < -0.3 is 4.55 Å². The van der Waals surface area contributed by atoms with E-state index in [0.717, 1.165) is 0 Å². The zero-order chi connectivity index (χ0) is 9.61. The van der Waals surface area contributed by atoms with Gasteiger partial charge in [-0.1, -0.05) is 0 Å². The summed E-state index contributed by atoms with van der Waals surface area (Å²) in [5.74, 6) is 1.31. The van der Waals surface area contributed by atoms with Crippen molar-refractivity contribution in [2.45, 2.75) is 5.25 Å². The molecule has 0 aromatic rings. The van der Waals surface area contributed by atoms with Gasteiger partial charge in [0.2, 0.25) is 0 Å². The molecule has 0 aliphatic rings. The standard InChI is InChI=1S/C5H12O3S4.Na/c6-12(7,8)2-1-11-5(3-9)4-10;/h5,9-10H,1-4H2,(H,6,7,8);/q;+1/p-1. The van der Waals surface area contributed by atoms with Gasteiger partial charge in [0, 0.05) is 28.3 Å². The van der Waals surface area contributed by atoms with Crippen molar-refractivity contribution in [3.05, 3.63) is 0 Å². The molecule has 0 spiro atoms. The SMILES string of the molecule is O=S(=O)([O-])CCSC(CS)CS.[Na+]. The fourth-order valence-electron chi connectivity index (χ4n) is 0.480. The molecule has 0 bridgehead atoms. The van der Waals surface area contributed by atoms with Crippen molar-refractivity contribution in [2.75, 3.05) is 23.0 Å². The second-order valence-corrected chi connectivity index (χ2v) is 5.78. The van der Waals surface area contributed by atoms with Crippen LogP contribution in [0.25, 0.3) is 0 Å². The van der Waals surface area contributed by atoms with Crippen LogP contribution >= 0.6 is 37.0 Å². The van der Waals surface area contributed by atoms with Gasteiger partial charge >= 0.3 is 29.6 Å². The third-order valence-electron chi connectivity index (χ3n) is 1.09. The fraction of sp³-hybridized carbons (Fsp3) is 1.00. The van der Waals surface area contributed by atoms with Gasteiger partial charge in [-0.15, -0.1) is 0 Å². The van der Waals surface area contributed by atoms with Crippen molar-refractivity contribution in [2.24, 2.45) is 0 Å². The third kappa shape index (κ3) is 11.9. The molecule has 74 valence electrons. The first-order valence-electron chi connectivity index (χ1n) is 3.26. The Kier molecular flexibility index (Phi) is 12.3. The Morgan fingerprint density at radius 3 is 2.08 bits per heavy atom. The molecule has 0 radical (unpaired) electrons. The Morgan fingerprint density at radius 1 is 1.31 bits per heavy atom. The summed E-state index contributed by atoms with van der Waals surface area (Å²) in [6, 6.07) is 0. The predicted molar refractivity (Wildman–Crippen MR) is 58.5 cm³/mol. The molecule has 0 aliphatic heterocycles. The van der Waals surface area contributed by atoms with Gasteiger partial charge in [-0.25, -0.2) is 8.42 Å². The zero-order valence-corrected chi connectivity index (χ0v) is 12.8. The first-order chi connectivity index (χ1) is 5.49. The first-order valence-corrected chi connectivity index (χ1v) is 7.15. The molecule has 0 N–H and O–H groups in total. The maximum absolute atomic E-state index is 10.2. The summed E-state index contributed by atoms with van der Waals surface area (Å²) >= 11 is 9.50. The quantitative estimate of drug-likeness (QED) is 0.318. The Morgan fingerprint density at radius 2 is 1.77 bits per heavy atom. The van der Waals surface area contributed by atoms with Gasteiger partial charge in [0.1, 0.15) is 0 Å². The molecule has 0 aromatic heterocycles. The predicted octanol–water partition coefficient (Wildman–Crippen LogP) is -2.50. The molecule has 0 saturated carbocycles. The second-order valence-electron chi connectivity index (χ2n) is 2.12. The van der Waals surface area contributed by atoms with E-state index in [1.54, 1.807) is 0 Å². The first kappa shape index (κ1) is 17.4. The molecule has 0 heterocycles. The van der Waals surface area contributed by atoms with E-state index in [1.807, 2.05) is 0 Å². The minimum Gasteiger partial charge on any atom is -0.748 e. The molecule has 0 saturated heterocycles. The van der Waals surface area contributed by atoms with E-state index in [0.29, 0.717) is 17.3 Å². The smallest absolute Gasteiger partial charge is 0.748 e. The van der Waals surface area contributed by atoms with E-state index in [9.17, 15) is 13.0 Å². The molecule has 3 nitrogen and oxygen atoms in total. The topological polar surface area (TPSA) is 57.2 Å². The molecule has 0 amide bonds. The van der Waals surface area contributed by atoms with E-state index in [2.05, 4.69) is 25.3 Å². The number of rotatable bonds is 6. The normalized spacial score (nSPS) is 11.4. The number of thioether (sulfide) groups is 1. The van der Waals surface area contributed by atoms with Gasteiger partial charge in [0.05, 0.1) is 10.1 Å². The fourth-order valence-corrected chi connectivity index (χ4v) is 3.32. The molecule has 8 heteroatoms. The maximum Gasteiger partial charge on any atom is 1.00 e. The molecule has 0 atom stereocenters. The van der Waals surface area contributed by atoms with Crippen LogP contribution in [0, 0.1) is 0 Å². The third-order valence-corrected chi connectivity index (χ3v) is 4.68. The maximum atomic E-state index is 10.2. The van der Waals surface area contributed by atoms with Crippen LogP contribution in [0.1, 0.15) is 0 Å². The molecule has 0 fully saturated rings. The Balaban J connectivity index is 0. The molecular weight excluding hydrogens is 259 g/mol.